The Morgan fingerprint density at radius 3 is 2.81 bits per heavy atom. The Bertz CT molecular complexity index is 451. The largest absolute Gasteiger partial charge is 0.264 e. The highest BCUT2D eigenvalue weighted by Crippen LogP contribution is 2.22. The van der Waals surface area contributed by atoms with Crippen LogP contribution in [0, 0.1) is 0 Å². The molecule has 0 saturated carbocycles. The number of hydrogen-bond donors (Lipinski definition) is 0. The first-order chi connectivity index (χ1) is 7.81. The summed E-state index contributed by atoms with van der Waals surface area (Å²) in [5, 5.41) is 0. The second-order valence-corrected chi connectivity index (χ2v) is 4.03. The molecule has 0 aromatic carbocycles. The maximum Gasteiger partial charge on any atom is 0.0717 e. The molecular formula is C14H16N2. The fourth-order valence-corrected chi connectivity index (χ4v) is 1.64. The van der Waals surface area contributed by atoms with Crippen molar-refractivity contribution < 1.29 is 0 Å². The fourth-order valence-electron chi connectivity index (χ4n) is 1.64. The van der Waals surface area contributed by atoms with Gasteiger partial charge in [0.2, 0.25) is 0 Å². The molecule has 1 unspecified atom stereocenters. The van der Waals surface area contributed by atoms with E-state index in [9.17, 15) is 0 Å². The predicted octanol–water partition coefficient (Wildman–Crippen LogP) is 3.66. The molecule has 2 aromatic heterocycles. The van der Waals surface area contributed by atoms with Crippen LogP contribution in [0.3, 0.4) is 0 Å². The Hall–Kier alpha value is -1.70. The van der Waals surface area contributed by atoms with E-state index in [0.29, 0.717) is 5.92 Å². The molecule has 0 aliphatic carbocycles. The molecule has 0 saturated heterocycles. The Morgan fingerprint density at radius 2 is 2.12 bits per heavy atom. The van der Waals surface area contributed by atoms with Gasteiger partial charge in [-0.2, -0.15) is 0 Å². The third-order valence-electron chi connectivity index (χ3n) is 2.90. The van der Waals surface area contributed by atoms with Crippen LogP contribution in [0.25, 0.3) is 11.3 Å². The molecule has 0 fully saturated rings. The van der Waals surface area contributed by atoms with Crippen LogP contribution in [0.15, 0.2) is 42.9 Å². The first-order valence-corrected chi connectivity index (χ1v) is 5.67. The van der Waals surface area contributed by atoms with Crippen LogP contribution >= 0.6 is 0 Å². The lowest BCUT2D eigenvalue weighted by Crippen LogP contribution is -1.93. The van der Waals surface area contributed by atoms with Gasteiger partial charge in [0.05, 0.1) is 5.69 Å². The van der Waals surface area contributed by atoms with Crippen molar-refractivity contribution in [3.05, 3.63) is 48.4 Å². The lowest BCUT2D eigenvalue weighted by atomic mass is 9.98. The van der Waals surface area contributed by atoms with Gasteiger partial charge < -0.3 is 0 Å². The summed E-state index contributed by atoms with van der Waals surface area (Å²) < 4.78 is 0. The first kappa shape index (κ1) is 10.8. The molecule has 0 N–H and O–H groups in total. The topological polar surface area (TPSA) is 25.8 Å². The third kappa shape index (κ3) is 2.27. The molecule has 2 aromatic rings. The third-order valence-corrected chi connectivity index (χ3v) is 2.90. The highest BCUT2D eigenvalue weighted by molar-refractivity contribution is 5.58. The van der Waals surface area contributed by atoms with Crippen molar-refractivity contribution >= 4 is 0 Å². The Labute approximate surface area is 96.4 Å². The summed E-state index contributed by atoms with van der Waals surface area (Å²) in [5.41, 5.74) is 3.37. The van der Waals surface area contributed by atoms with Crippen LogP contribution in [0.4, 0.5) is 0 Å². The van der Waals surface area contributed by atoms with Crippen molar-refractivity contribution in [2.24, 2.45) is 0 Å². The van der Waals surface area contributed by atoms with E-state index in [4.69, 9.17) is 0 Å². The standard InChI is InChI=1S/C14H16N2/c1-3-11(2)12-8-13(10-15-9-12)14-6-4-5-7-16-14/h4-11H,3H2,1-2H3. The molecule has 0 aliphatic heterocycles. The van der Waals surface area contributed by atoms with Crippen molar-refractivity contribution in [3.8, 4) is 11.3 Å². The molecule has 2 heterocycles. The number of aromatic nitrogens is 2. The van der Waals surface area contributed by atoms with E-state index in [2.05, 4.69) is 29.9 Å². The van der Waals surface area contributed by atoms with Crippen LogP contribution in [0.5, 0.6) is 0 Å². The number of nitrogens with zero attached hydrogens (tertiary/aromatic N) is 2. The minimum absolute atomic E-state index is 0.552. The Morgan fingerprint density at radius 1 is 1.25 bits per heavy atom. The molecule has 0 spiro atoms. The minimum atomic E-state index is 0.552. The molecule has 1 atom stereocenters. The van der Waals surface area contributed by atoms with Crippen molar-refractivity contribution in [2.45, 2.75) is 26.2 Å². The van der Waals surface area contributed by atoms with Crippen molar-refractivity contribution in [2.75, 3.05) is 0 Å². The maximum absolute atomic E-state index is 4.34. The van der Waals surface area contributed by atoms with Gasteiger partial charge in [0, 0.05) is 24.2 Å². The highest BCUT2D eigenvalue weighted by atomic mass is 14.7. The van der Waals surface area contributed by atoms with Crippen LogP contribution in [0.2, 0.25) is 0 Å². The van der Waals surface area contributed by atoms with E-state index in [1.165, 1.54) is 5.56 Å². The maximum atomic E-state index is 4.34. The average Bonchev–Trinajstić information content (AvgIpc) is 2.39. The molecule has 2 nitrogen and oxygen atoms in total. The highest BCUT2D eigenvalue weighted by Gasteiger charge is 2.05. The van der Waals surface area contributed by atoms with E-state index in [1.807, 2.05) is 36.8 Å². The lowest BCUT2D eigenvalue weighted by molar-refractivity contribution is 0.730. The van der Waals surface area contributed by atoms with E-state index in [1.54, 1.807) is 0 Å². The first-order valence-electron chi connectivity index (χ1n) is 5.67. The summed E-state index contributed by atoms with van der Waals surface area (Å²) in [7, 11) is 0. The number of hydrogen-bond acceptors (Lipinski definition) is 2. The van der Waals surface area contributed by atoms with Crippen molar-refractivity contribution in [1.82, 2.24) is 9.97 Å². The summed E-state index contributed by atoms with van der Waals surface area (Å²) in [6.45, 7) is 4.41. The molecule has 0 bridgehead atoms. The zero-order chi connectivity index (χ0) is 11.4. The van der Waals surface area contributed by atoms with Gasteiger partial charge in [-0.25, -0.2) is 0 Å². The van der Waals surface area contributed by atoms with Gasteiger partial charge in [0.25, 0.3) is 0 Å². The summed E-state index contributed by atoms with van der Waals surface area (Å²) in [6, 6.07) is 8.12. The molecule has 16 heavy (non-hydrogen) atoms. The Kier molecular flexibility index (Phi) is 3.30. The molecule has 0 radical (unpaired) electrons. The van der Waals surface area contributed by atoms with Crippen molar-refractivity contribution in [1.29, 1.82) is 0 Å². The summed E-state index contributed by atoms with van der Waals surface area (Å²) in [6.07, 6.45) is 6.76. The minimum Gasteiger partial charge on any atom is -0.264 e. The number of rotatable bonds is 3. The summed E-state index contributed by atoms with van der Waals surface area (Å²) >= 11 is 0. The van der Waals surface area contributed by atoms with E-state index in [0.717, 1.165) is 17.7 Å². The predicted molar refractivity (Wildman–Crippen MR) is 66.2 cm³/mol. The fraction of sp³-hybridized carbons (Fsp3) is 0.286. The molecule has 0 amide bonds. The second kappa shape index (κ2) is 4.88. The molecule has 0 aliphatic rings. The normalized spacial score (nSPS) is 12.4. The SMILES string of the molecule is CCC(C)c1cncc(-c2ccccn2)c1. The quantitative estimate of drug-likeness (QED) is 0.776. The zero-order valence-electron chi connectivity index (χ0n) is 9.72. The lowest BCUT2D eigenvalue weighted by Gasteiger charge is -2.09. The molecular weight excluding hydrogens is 196 g/mol. The zero-order valence-corrected chi connectivity index (χ0v) is 9.72. The molecule has 2 heteroatoms. The van der Waals surface area contributed by atoms with E-state index >= 15 is 0 Å². The van der Waals surface area contributed by atoms with Crippen LogP contribution in [0.1, 0.15) is 31.7 Å². The van der Waals surface area contributed by atoms with Gasteiger partial charge in [0.1, 0.15) is 0 Å². The van der Waals surface area contributed by atoms with Gasteiger partial charge in [-0.3, -0.25) is 9.97 Å². The van der Waals surface area contributed by atoms with Gasteiger partial charge in [0.15, 0.2) is 0 Å². The van der Waals surface area contributed by atoms with Gasteiger partial charge in [-0.1, -0.05) is 19.9 Å². The smallest absolute Gasteiger partial charge is 0.0717 e. The van der Waals surface area contributed by atoms with Gasteiger partial charge in [-0.15, -0.1) is 0 Å². The summed E-state index contributed by atoms with van der Waals surface area (Å²) in [4.78, 5) is 8.63. The monoisotopic (exact) mass is 212 g/mol. The van der Waals surface area contributed by atoms with E-state index in [-0.39, 0.29) is 0 Å². The number of pyridine rings is 2. The van der Waals surface area contributed by atoms with Gasteiger partial charge >= 0.3 is 0 Å². The van der Waals surface area contributed by atoms with Crippen LogP contribution < -0.4 is 0 Å². The van der Waals surface area contributed by atoms with E-state index < -0.39 is 0 Å². The molecule has 2 rings (SSSR count). The molecule has 82 valence electrons. The second-order valence-electron chi connectivity index (χ2n) is 4.03. The average molecular weight is 212 g/mol. The van der Waals surface area contributed by atoms with Gasteiger partial charge in [-0.05, 0) is 36.1 Å². The van der Waals surface area contributed by atoms with Crippen molar-refractivity contribution in [3.63, 3.8) is 0 Å². The van der Waals surface area contributed by atoms with Crippen LogP contribution in [-0.2, 0) is 0 Å². The van der Waals surface area contributed by atoms with Crippen LogP contribution in [-0.4, -0.2) is 9.97 Å². The Balaban J connectivity index is 2.36. The summed E-state index contributed by atoms with van der Waals surface area (Å²) in [5.74, 6) is 0.552.